The Hall–Kier alpha value is -2.58. The second kappa shape index (κ2) is 7.98. The molecule has 0 unspecified atom stereocenters. The molecule has 0 bridgehead atoms. The molecule has 0 spiro atoms. The van der Waals surface area contributed by atoms with Crippen LogP contribution in [0, 0.1) is 0 Å². The van der Waals surface area contributed by atoms with Crippen molar-refractivity contribution in [1.29, 1.82) is 0 Å². The van der Waals surface area contributed by atoms with Crippen LogP contribution in [0.4, 0.5) is 5.69 Å². The molecule has 2 aromatic rings. The van der Waals surface area contributed by atoms with Crippen molar-refractivity contribution in [3.63, 3.8) is 0 Å². The molecule has 0 saturated heterocycles. The number of carbonyl (C=O) groups is 1. The molecule has 1 amide bonds. The van der Waals surface area contributed by atoms with E-state index < -0.39 is 10.0 Å². The first-order chi connectivity index (χ1) is 12.9. The van der Waals surface area contributed by atoms with E-state index in [2.05, 4.69) is 4.72 Å². The molecule has 2 aromatic carbocycles. The number of fused-ring (bicyclic) bond motifs is 1. The highest BCUT2D eigenvalue weighted by atomic mass is 32.2. The molecule has 7 nitrogen and oxygen atoms in total. The summed E-state index contributed by atoms with van der Waals surface area (Å²) < 4.78 is 38.1. The minimum absolute atomic E-state index is 0.0342. The molecule has 27 heavy (non-hydrogen) atoms. The van der Waals surface area contributed by atoms with Crippen LogP contribution < -0.4 is 19.1 Å². The summed E-state index contributed by atoms with van der Waals surface area (Å²) in [6.07, 6.45) is 0.929. The van der Waals surface area contributed by atoms with E-state index in [9.17, 15) is 13.2 Å². The lowest BCUT2D eigenvalue weighted by Gasteiger charge is -2.26. The summed E-state index contributed by atoms with van der Waals surface area (Å²) >= 11 is 0. The monoisotopic (exact) mass is 390 g/mol. The Morgan fingerprint density at radius 1 is 1.07 bits per heavy atom. The van der Waals surface area contributed by atoms with Gasteiger partial charge in [0.15, 0.2) is 0 Å². The molecule has 1 aliphatic rings. The van der Waals surface area contributed by atoms with Crippen molar-refractivity contribution in [1.82, 2.24) is 4.72 Å². The van der Waals surface area contributed by atoms with Gasteiger partial charge in [0.25, 0.3) is 0 Å². The summed E-state index contributed by atoms with van der Waals surface area (Å²) in [7, 11) is -0.361. The summed E-state index contributed by atoms with van der Waals surface area (Å²) in [6.45, 7) is 0.345. The average Bonchev–Trinajstić information content (AvgIpc) is 2.68. The molecular weight excluding hydrogens is 368 g/mol. The van der Waals surface area contributed by atoms with Gasteiger partial charge in [-0.15, -0.1) is 0 Å². The predicted octanol–water partition coefficient (Wildman–Crippen LogP) is 1.96. The molecule has 8 heteroatoms. The normalized spacial score (nSPS) is 14.0. The molecule has 3 rings (SSSR count). The molecule has 144 valence electrons. The first-order valence-corrected chi connectivity index (χ1v) is 10.0. The van der Waals surface area contributed by atoms with E-state index >= 15 is 0 Å². The Morgan fingerprint density at radius 2 is 1.78 bits per heavy atom. The number of carbonyl (C=O) groups excluding carboxylic acids is 1. The van der Waals surface area contributed by atoms with Gasteiger partial charge in [-0.2, -0.15) is 0 Å². The van der Waals surface area contributed by atoms with Crippen molar-refractivity contribution >= 4 is 21.6 Å². The van der Waals surface area contributed by atoms with E-state index in [0.717, 1.165) is 17.0 Å². The third-order valence-electron chi connectivity index (χ3n) is 4.43. The number of ether oxygens (including phenoxy) is 2. The molecule has 0 aliphatic carbocycles. The van der Waals surface area contributed by atoms with Gasteiger partial charge in [0.05, 0.1) is 12.0 Å². The Kier molecular flexibility index (Phi) is 5.67. The largest absolute Gasteiger partial charge is 0.497 e. The summed E-state index contributed by atoms with van der Waals surface area (Å²) in [5, 5.41) is 0. The van der Waals surface area contributed by atoms with Crippen LogP contribution in [-0.2, 0) is 21.2 Å². The number of amides is 1. The molecule has 0 atom stereocenters. The number of hydrogen-bond acceptors (Lipinski definition) is 5. The summed E-state index contributed by atoms with van der Waals surface area (Å²) in [5.41, 5.74) is 1.61. The van der Waals surface area contributed by atoms with Crippen LogP contribution in [0.25, 0.3) is 0 Å². The topological polar surface area (TPSA) is 84.9 Å². The zero-order chi connectivity index (χ0) is 19.4. The fraction of sp³-hybridized carbons (Fsp3) is 0.316. The van der Waals surface area contributed by atoms with Crippen LogP contribution in [0.5, 0.6) is 11.5 Å². The highest BCUT2D eigenvalue weighted by molar-refractivity contribution is 7.89. The molecule has 0 radical (unpaired) electrons. The third kappa shape index (κ3) is 4.40. The number of methoxy groups -OCH3 is 1. The van der Waals surface area contributed by atoms with E-state index in [1.165, 1.54) is 6.07 Å². The van der Waals surface area contributed by atoms with Crippen LogP contribution in [0.2, 0.25) is 0 Å². The van der Waals surface area contributed by atoms with Gasteiger partial charge in [-0.05, 0) is 54.4 Å². The number of nitrogens with one attached hydrogen (secondary N) is 1. The second-order valence-electron chi connectivity index (χ2n) is 6.17. The van der Waals surface area contributed by atoms with Crippen molar-refractivity contribution in [3.8, 4) is 11.5 Å². The van der Waals surface area contributed by atoms with E-state index in [0.29, 0.717) is 18.6 Å². The summed E-state index contributed by atoms with van der Waals surface area (Å²) in [6, 6.07) is 11.9. The predicted molar refractivity (Wildman–Crippen MR) is 102 cm³/mol. The van der Waals surface area contributed by atoms with Crippen LogP contribution >= 0.6 is 0 Å². The van der Waals surface area contributed by atoms with Gasteiger partial charge in [-0.25, -0.2) is 13.1 Å². The molecule has 1 aliphatic heterocycles. The van der Waals surface area contributed by atoms with Crippen molar-refractivity contribution in [3.05, 3.63) is 48.0 Å². The smallest absolute Gasteiger partial charge is 0.240 e. The van der Waals surface area contributed by atoms with Gasteiger partial charge in [0, 0.05) is 25.7 Å². The Balaban J connectivity index is 1.59. The Bertz CT molecular complexity index is 926. The van der Waals surface area contributed by atoms with Gasteiger partial charge in [0.2, 0.25) is 15.9 Å². The van der Waals surface area contributed by atoms with Crippen molar-refractivity contribution in [2.45, 2.75) is 17.7 Å². The SMILES string of the molecule is COc1ccc(OCCNS(=O)(=O)c2ccc3c(c2)CCC(=O)N3C)cc1. The lowest BCUT2D eigenvalue weighted by atomic mass is 10.0. The molecular formula is C19H22N2O5S. The van der Waals surface area contributed by atoms with E-state index in [1.54, 1.807) is 55.5 Å². The van der Waals surface area contributed by atoms with Gasteiger partial charge in [-0.3, -0.25) is 4.79 Å². The molecule has 0 saturated carbocycles. The number of hydrogen-bond donors (Lipinski definition) is 1. The molecule has 1 heterocycles. The Labute approximate surface area is 158 Å². The summed E-state index contributed by atoms with van der Waals surface area (Å²) in [5.74, 6) is 1.39. The van der Waals surface area contributed by atoms with Gasteiger partial charge in [-0.1, -0.05) is 0 Å². The number of benzene rings is 2. The van der Waals surface area contributed by atoms with Crippen molar-refractivity contribution in [2.75, 3.05) is 32.2 Å². The number of nitrogens with zero attached hydrogens (tertiary/aromatic N) is 1. The zero-order valence-corrected chi connectivity index (χ0v) is 16.1. The quantitative estimate of drug-likeness (QED) is 0.731. The van der Waals surface area contributed by atoms with Crippen molar-refractivity contribution < 1.29 is 22.7 Å². The highest BCUT2D eigenvalue weighted by Crippen LogP contribution is 2.28. The standard InChI is InChI=1S/C19H22N2O5S/c1-21-18-9-8-17(13-14(18)3-10-19(21)22)27(23,24)20-11-12-26-16-6-4-15(25-2)5-7-16/h4-9,13,20H,3,10-12H2,1-2H3. The first kappa shape index (κ1) is 19.2. The molecule has 0 fully saturated rings. The van der Waals surface area contributed by atoms with Gasteiger partial charge in [0.1, 0.15) is 18.1 Å². The van der Waals surface area contributed by atoms with Crippen LogP contribution in [0.1, 0.15) is 12.0 Å². The lowest BCUT2D eigenvalue weighted by molar-refractivity contribution is -0.118. The van der Waals surface area contributed by atoms with Crippen LogP contribution in [-0.4, -0.2) is 41.6 Å². The number of anilines is 1. The van der Waals surface area contributed by atoms with Gasteiger partial charge >= 0.3 is 0 Å². The zero-order valence-electron chi connectivity index (χ0n) is 15.3. The van der Waals surface area contributed by atoms with Gasteiger partial charge < -0.3 is 14.4 Å². The van der Waals surface area contributed by atoms with Crippen LogP contribution in [0.15, 0.2) is 47.4 Å². The average molecular weight is 390 g/mol. The lowest BCUT2D eigenvalue weighted by Crippen LogP contribution is -2.32. The third-order valence-corrected chi connectivity index (χ3v) is 5.89. The minimum Gasteiger partial charge on any atom is -0.497 e. The molecule has 0 aromatic heterocycles. The maximum absolute atomic E-state index is 12.5. The number of sulfonamides is 1. The Morgan fingerprint density at radius 3 is 2.48 bits per heavy atom. The van der Waals surface area contributed by atoms with E-state index in [4.69, 9.17) is 9.47 Å². The van der Waals surface area contributed by atoms with E-state index in [1.807, 2.05) is 0 Å². The molecule has 1 N–H and O–H groups in total. The summed E-state index contributed by atoms with van der Waals surface area (Å²) in [4.78, 5) is 13.5. The van der Waals surface area contributed by atoms with Crippen molar-refractivity contribution in [2.24, 2.45) is 0 Å². The number of aryl methyl sites for hydroxylation is 1. The minimum atomic E-state index is -3.64. The van der Waals surface area contributed by atoms with Crippen LogP contribution in [0.3, 0.4) is 0 Å². The first-order valence-electron chi connectivity index (χ1n) is 8.57. The second-order valence-corrected chi connectivity index (χ2v) is 7.93. The number of rotatable bonds is 7. The maximum atomic E-state index is 12.5. The maximum Gasteiger partial charge on any atom is 0.240 e. The highest BCUT2D eigenvalue weighted by Gasteiger charge is 2.23. The van der Waals surface area contributed by atoms with E-state index in [-0.39, 0.29) is 24.0 Å². The fourth-order valence-corrected chi connectivity index (χ4v) is 3.96. The fourth-order valence-electron chi connectivity index (χ4n) is 2.90.